The molecule has 3 atom stereocenters. The van der Waals surface area contributed by atoms with Gasteiger partial charge in [0.05, 0.1) is 24.2 Å². The van der Waals surface area contributed by atoms with Crippen LogP contribution in [0.25, 0.3) is 0 Å². The van der Waals surface area contributed by atoms with Crippen molar-refractivity contribution >= 4 is 17.7 Å². The van der Waals surface area contributed by atoms with Gasteiger partial charge in [-0.25, -0.2) is 4.79 Å². The predicted molar refractivity (Wildman–Crippen MR) is 78.3 cm³/mol. The Kier molecular flexibility index (Phi) is 9.00. The van der Waals surface area contributed by atoms with Crippen molar-refractivity contribution in [2.24, 2.45) is 5.92 Å². The van der Waals surface area contributed by atoms with Crippen LogP contribution in [0, 0.1) is 43.6 Å². The molecular formula is C15H19O4SU-. The minimum absolute atomic E-state index is 0. The molecule has 0 amide bonds. The maximum atomic E-state index is 12.0. The van der Waals surface area contributed by atoms with Crippen molar-refractivity contribution in [2.45, 2.75) is 19.1 Å². The van der Waals surface area contributed by atoms with Crippen molar-refractivity contribution in [2.75, 3.05) is 18.8 Å². The van der Waals surface area contributed by atoms with Gasteiger partial charge in [0, 0.05) is 37.2 Å². The van der Waals surface area contributed by atoms with E-state index in [0.717, 1.165) is 0 Å². The number of rotatable bonds is 6. The first-order chi connectivity index (χ1) is 9.72. The van der Waals surface area contributed by atoms with Crippen molar-refractivity contribution in [3.05, 3.63) is 42.5 Å². The van der Waals surface area contributed by atoms with Crippen LogP contribution in [0.1, 0.15) is 17.3 Å². The molecule has 0 saturated carbocycles. The summed E-state index contributed by atoms with van der Waals surface area (Å²) in [6.45, 7) is 4.11. The molecule has 0 N–H and O–H groups in total. The maximum absolute atomic E-state index is 12.0. The van der Waals surface area contributed by atoms with Gasteiger partial charge in [0.2, 0.25) is 0 Å². The fourth-order valence-corrected chi connectivity index (χ4v) is 2.24. The van der Waals surface area contributed by atoms with Gasteiger partial charge in [-0.3, -0.25) is 0 Å². The second-order valence-corrected chi connectivity index (χ2v) is 5.50. The molecule has 0 radical (unpaired) electrons. The van der Waals surface area contributed by atoms with E-state index in [4.69, 9.17) is 14.2 Å². The summed E-state index contributed by atoms with van der Waals surface area (Å²) in [4.78, 5) is 12.0. The summed E-state index contributed by atoms with van der Waals surface area (Å²) in [5.41, 5.74) is 0.551. The number of hydrogen-bond donors (Lipinski definition) is 0. The number of hydrogen-bond acceptors (Lipinski definition) is 5. The Balaban J connectivity index is 0.00000220. The van der Waals surface area contributed by atoms with Gasteiger partial charge in [0.1, 0.15) is 0 Å². The Hall–Kier alpha value is 0.0119. The molecule has 1 aromatic carbocycles. The smallest absolute Gasteiger partial charge is 0.335 e. The Morgan fingerprint density at radius 3 is 2.76 bits per heavy atom. The SMILES string of the molecule is CSCOC[C@H]1O[CH-]C(OC(=O)c2ccccc2)[C@H]1C.[U]. The molecule has 6 heteroatoms. The molecule has 0 aromatic heterocycles. The average molecular weight is 533 g/mol. The maximum Gasteiger partial charge on any atom is 0.335 e. The van der Waals surface area contributed by atoms with Gasteiger partial charge in [-0.05, 0) is 24.3 Å². The summed E-state index contributed by atoms with van der Waals surface area (Å²) < 4.78 is 16.4. The molecule has 2 rings (SSSR count). The fraction of sp³-hybridized carbons (Fsp3) is 0.467. The predicted octanol–water partition coefficient (Wildman–Crippen LogP) is 2.75. The van der Waals surface area contributed by atoms with Gasteiger partial charge in [-0.15, -0.1) is 11.8 Å². The Labute approximate surface area is 153 Å². The van der Waals surface area contributed by atoms with Crippen LogP contribution in [0.15, 0.2) is 30.3 Å². The second-order valence-electron chi connectivity index (χ2n) is 4.68. The van der Waals surface area contributed by atoms with Crippen molar-refractivity contribution in [3.63, 3.8) is 0 Å². The molecule has 1 fully saturated rings. The quantitative estimate of drug-likeness (QED) is 0.244. The molecule has 0 bridgehead atoms. The van der Waals surface area contributed by atoms with Gasteiger partial charge in [0.25, 0.3) is 0 Å². The van der Waals surface area contributed by atoms with Crippen LogP contribution in [0.4, 0.5) is 0 Å². The molecule has 1 saturated heterocycles. The third-order valence-electron chi connectivity index (χ3n) is 3.23. The molecule has 1 heterocycles. The van der Waals surface area contributed by atoms with E-state index in [9.17, 15) is 4.79 Å². The molecule has 1 unspecified atom stereocenters. The van der Waals surface area contributed by atoms with Crippen LogP contribution in [-0.4, -0.2) is 37.0 Å². The van der Waals surface area contributed by atoms with Crippen LogP contribution in [-0.2, 0) is 14.2 Å². The van der Waals surface area contributed by atoms with Gasteiger partial charge in [-0.2, -0.15) is 6.61 Å². The van der Waals surface area contributed by atoms with Crippen LogP contribution >= 0.6 is 11.8 Å². The summed E-state index contributed by atoms with van der Waals surface area (Å²) in [6, 6.07) is 8.97. The zero-order chi connectivity index (χ0) is 14.4. The molecule has 0 aliphatic carbocycles. The van der Waals surface area contributed by atoms with Crippen molar-refractivity contribution in [1.29, 1.82) is 0 Å². The summed E-state index contributed by atoms with van der Waals surface area (Å²) in [5.74, 6) is 0.402. The summed E-state index contributed by atoms with van der Waals surface area (Å²) >= 11 is 1.62. The van der Waals surface area contributed by atoms with Crippen LogP contribution in [0.3, 0.4) is 0 Å². The normalized spacial score (nSPS) is 24.4. The number of esters is 1. The van der Waals surface area contributed by atoms with E-state index in [1.165, 1.54) is 0 Å². The zero-order valence-electron chi connectivity index (χ0n) is 12.2. The number of carbonyl (C=O) groups is 1. The van der Waals surface area contributed by atoms with E-state index in [-0.39, 0.29) is 55.2 Å². The number of thioether (sulfide) groups is 1. The summed E-state index contributed by atoms with van der Waals surface area (Å²) in [5, 5.41) is 0. The van der Waals surface area contributed by atoms with E-state index in [0.29, 0.717) is 18.1 Å². The van der Waals surface area contributed by atoms with E-state index in [1.807, 2.05) is 31.4 Å². The summed E-state index contributed by atoms with van der Waals surface area (Å²) in [7, 11) is 0. The molecule has 4 nitrogen and oxygen atoms in total. The third kappa shape index (κ3) is 5.61. The molecule has 21 heavy (non-hydrogen) atoms. The largest absolute Gasteiger partial charge is 0.544 e. The summed E-state index contributed by atoms with van der Waals surface area (Å²) in [6.07, 6.45) is 1.59. The number of benzene rings is 1. The van der Waals surface area contributed by atoms with Crippen LogP contribution < -0.4 is 0 Å². The topological polar surface area (TPSA) is 44.8 Å². The van der Waals surface area contributed by atoms with Crippen LogP contribution in [0.5, 0.6) is 0 Å². The van der Waals surface area contributed by atoms with E-state index in [2.05, 4.69) is 0 Å². The molecule has 1 aliphatic rings. The van der Waals surface area contributed by atoms with Crippen molar-refractivity contribution in [1.82, 2.24) is 0 Å². The van der Waals surface area contributed by atoms with Crippen molar-refractivity contribution < 1.29 is 50.1 Å². The molecule has 1 aliphatic heterocycles. The third-order valence-corrected chi connectivity index (χ3v) is 3.63. The van der Waals surface area contributed by atoms with Gasteiger partial charge >= 0.3 is 5.97 Å². The number of ether oxygens (including phenoxy) is 3. The minimum atomic E-state index is -0.328. The van der Waals surface area contributed by atoms with Crippen LogP contribution in [0.2, 0.25) is 0 Å². The molecule has 0 spiro atoms. The second kappa shape index (κ2) is 9.91. The molecule has 114 valence electrons. The monoisotopic (exact) mass is 533 g/mol. The Bertz CT molecular complexity index is 429. The first-order valence-corrected chi connectivity index (χ1v) is 7.93. The minimum Gasteiger partial charge on any atom is -0.544 e. The van der Waals surface area contributed by atoms with Gasteiger partial charge in [-0.1, -0.05) is 25.1 Å². The standard InChI is InChI=1S/C15H19O4S.U/c1-11-13(8-17-10-20-2)18-9-14(11)19-15(16)12-6-4-3-5-7-12;/h3-7,9,11,13-14H,8,10H2,1-2H3;/q-1;/t11-,13+,14?;/m0./s1. The van der Waals surface area contributed by atoms with E-state index < -0.39 is 0 Å². The first-order valence-electron chi connectivity index (χ1n) is 6.54. The van der Waals surface area contributed by atoms with E-state index >= 15 is 0 Å². The fourth-order valence-electron chi connectivity index (χ4n) is 1.98. The Morgan fingerprint density at radius 1 is 1.38 bits per heavy atom. The van der Waals surface area contributed by atoms with Crippen molar-refractivity contribution in [3.8, 4) is 0 Å². The zero-order valence-corrected chi connectivity index (χ0v) is 17.1. The average Bonchev–Trinajstić information content (AvgIpc) is 2.81. The van der Waals surface area contributed by atoms with E-state index in [1.54, 1.807) is 30.5 Å². The Morgan fingerprint density at radius 2 is 2.10 bits per heavy atom. The van der Waals surface area contributed by atoms with Gasteiger partial charge < -0.3 is 14.2 Å². The molecule has 1 aromatic rings. The first kappa shape index (κ1) is 19.1. The number of carbonyl (C=O) groups excluding carboxylic acids is 1. The molecular weight excluding hydrogens is 514 g/mol. The van der Waals surface area contributed by atoms with Gasteiger partial charge in [0.15, 0.2) is 0 Å².